The van der Waals surface area contributed by atoms with E-state index < -0.39 is 17.7 Å². The zero-order valence-electron chi connectivity index (χ0n) is 20.0. The zero-order chi connectivity index (χ0) is 23.8. The van der Waals surface area contributed by atoms with Crippen molar-refractivity contribution in [3.8, 4) is 0 Å². The van der Waals surface area contributed by atoms with Gasteiger partial charge in [0.25, 0.3) is 11.7 Å². The van der Waals surface area contributed by atoms with E-state index in [1.807, 2.05) is 36.4 Å². The number of fused-ring (bicyclic) bond motifs is 1. The van der Waals surface area contributed by atoms with E-state index in [1.54, 1.807) is 4.90 Å². The first kappa shape index (κ1) is 22.9. The van der Waals surface area contributed by atoms with Crippen LogP contribution in [0.25, 0.3) is 5.76 Å². The lowest BCUT2D eigenvalue weighted by atomic mass is 9.88. The van der Waals surface area contributed by atoms with Gasteiger partial charge in [-0.1, -0.05) is 50.2 Å². The number of aliphatic hydroxyl groups excluding tert-OH is 1. The Morgan fingerprint density at radius 2 is 1.76 bits per heavy atom. The van der Waals surface area contributed by atoms with Crippen LogP contribution in [0.3, 0.4) is 0 Å². The van der Waals surface area contributed by atoms with Gasteiger partial charge >= 0.3 is 0 Å². The van der Waals surface area contributed by atoms with E-state index in [4.69, 9.17) is 4.74 Å². The Kier molecular flexibility index (Phi) is 6.30. The van der Waals surface area contributed by atoms with Crippen LogP contribution in [0.2, 0.25) is 0 Å². The Balaban J connectivity index is 1.59. The van der Waals surface area contributed by atoms with Crippen molar-refractivity contribution in [2.24, 2.45) is 0 Å². The average molecular weight is 460 g/mol. The summed E-state index contributed by atoms with van der Waals surface area (Å²) < 4.78 is 5.79. The minimum atomic E-state index is -0.624. The van der Waals surface area contributed by atoms with Gasteiger partial charge in [-0.25, -0.2) is 0 Å². The molecule has 0 radical (unpaired) electrons. The van der Waals surface area contributed by atoms with Crippen molar-refractivity contribution in [2.45, 2.75) is 70.4 Å². The van der Waals surface area contributed by atoms with Gasteiger partial charge in [-0.15, -0.1) is 0 Å². The fourth-order valence-electron chi connectivity index (χ4n) is 5.52. The standard InChI is InChI=1S/C29H33NO4/c1-18(2)19-9-12-21(13-10-19)26-25(28(32)29(33)30(26)17-24-8-5-15-34-24)27(31)23-14-11-20-6-3-4-7-22(20)16-23/h9-14,16,18,24,26,31H,3-8,15,17H2,1-2H3/b27-25-. The predicted molar refractivity (Wildman–Crippen MR) is 132 cm³/mol. The molecule has 2 aromatic carbocycles. The molecule has 2 fully saturated rings. The number of nitrogens with zero attached hydrogens (tertiary/aromatic N) is 1. The predicted octanol–water partition coefficient (Wildman–Crippen LogP) is 5.29. The number of ketones is 1. The fourth-order valence-corrected chi connectivity index (χ4v) is 5.52. The van der Waals surface area contributed by atoms with Crippen molar-refractivity contribution in [1.29, 1.82) is 0 Å². The van der Waals surface area contributed by atoms with Gasteiger partial charge in [0.1, 0.15) is 5.76 Å². The molecule has 2 saturated heterocycles. The van der Waals surface area contributed by atoms with E-state index in [0.717, 1.165) is 37.7 Å². The van der Waals surface area contributed by atoms with Crippen LogP contribution < -0.4 is 0 Å². The molecule has 0 aromatic heterocycles. The summed E-state index contributed by atoms with van der Waals surface area (Å²) in [6.45, 7) is 5.29. The second-order valence-electron chi connectivity index (χ2n) is 10.1. The lowest BCUT2D eigenvalue weighted by molar-refractivity contribution is -0.140. The lowest BCUT2D eigenvalue weighted by Gasteiger charge is -2.28. The number of rotatable bonds is 5. The molecule has 2 aliphatic heterocycles. The molecule has 2 aromatic rings. The summed E-state index contributed by atoms with van der Waals surface area (Å²) in [4.78, 5) is 28.1. The van der Waals surface area contributed by atoms with Gasteiger partial charge in [0.2, 0.25) is 0 Å². The molecule has 2 unspecified atom stereocenters. The van der Waals surface area contributed by atoms with Crippen molar-refractivity contribution < 1.29 is 19.4 Å². The number of ether oxygens (including phenoxy) is 1. The van der Waals surface area contributed by atoms with Crippen LogP contribution in [-0.4, -0.2) is 41.0 Å². The highest BCUT2D eigenvalue weighted by molar-refractivity contribution is 6.46. The Labute approximate surface area is 201 Å². The quantitative estimate of drug-likeness (QED) is 0.375. The van der Waals surface area contributed by atoms with Crippen molar-refractivity contribution in [3.63, 3.8) is 0 Å². The van der Waals surface area contributed by atoms with E-state index in [2.05, 4.69) is 19.9 Å². The molecule has 1 N–H and O–H groups in total. The third-order valence-corrected chi connectivity index (χ3v) is 7.51. The van der Waals surface area contributed by atoms with E-state index in [0.29, 0.717) is 24.6 Å². The second kappa shape index (κ2) is 9.38. The van der Waals surface area contributed by atoms with Gasteiger partial charge in [0, 0.05) is 18.7 Å². The monoisotopic (exact) mass is 459 g/mol. The highest BCUT2D eigenvalue weighted by atomic mass is 16.5. The third kappa shape index (κ3) is 4.18. The summed E-state index contributed by atoms with van der Waals surface area (Å²) in [6.07, 6.45) is 6.07. The van der Waals surface area contributed by atoms with Crippen LogP contribution in [-0.2, 0) is 27.2 Å². The summed E-state index contributed by atoms with van der Waals surface area (Å²) in [7, 11) is 0. The molecule has 0 spiro atoms. The summed E-state index contributed by atoms with van der Waals surface area (Å²) in [5, 5.41) is 11.4. The SMILES string of the molecule is CC(C)c1ccc(C2/C(=C(/O)c3ccc4c(c3)CCCC4)C(=O)C(=O)N2CC2CCCO2)cc1. The molecule has 2 heterocycles. The molecule has 178 valence electrons. The molecule has 34 heavy (non-hydrogen) atoms. The number of aliphatic hydroxyl groups is 1. The number of carbonyl (C=O) groups is 2. The van der Waals surface area contributed by atoms with E-state index >= 15 is 0 Å². The highest BCUT2D eigenvalue weighted by Crippen LogP contribution is 2.41. The highest BCUT2D eigenvalue weighted by Gasteiger charge is 2.47. The number of amides is 1. The number of carbonyl (C=O) groups excluding carboxylic acids is 2. The number of benzene rings is 2. The lowest BCUT2D eigenvalue weighted by Crippen LogP contribution is -2.36. The van der Waals surface area contributed by atoms with Gasteiger partial charge in [0.05, 0.1) is 17.7 Å². The Hall–Kier alpha value is -2.92. The summed E-state index contributed by atoms with van der Waals surface area (Å²) in [6, 6.07) is 13.4. The van der Waals surface area contributed by atoms with Crippen molar-refractivity contribution in [2.75, 3.05) is 13.2 Å². The number of hydrogen-bond donors (Lipinski definition) is 1. The Morgan fingerprint density at radius 3 is 2.44 bits per heavy atom. The first-order valence-electron chi connectivity index (χ1n) is 12.6. The van der Waals surface area contributed by atoms with Crippen LogP contribution >= 0.6 is 0 Å². The van der Waals surface area contributed by atoms with Crippen molar-refractivity contribution >= 4 is 17.4 Å². The van der Waals surface area contributed by atoms with E-state index in [1.165, 1.54) is 23.1 Å². The molecule has 3 aliphatic rings. The van der Waals surface area contributed by atoms with Crippen LogP contribution in [0.5, 0.6) is 0 Å². The number of likely N-dealkylation sites (tertiary alicyclic amines) is 1. The maximum absolute atomic E-state index is 13.3. The largest absolute Gasteiger partial charge is 0.507 e. The minimum absolute atomic E-state index is 0.0838. The first-order valence-corrected chi connectivity index (χ1v) is 12.6. The molecule has 5 heteroatoms. The molecule has 5 rings (SSSR count). The molecule has 0 saturated carbocycles. The number of Topliss-reactive ketones (excluding diaryl/α,β-unsaturated/α-hetero) is 1. The Morgan fingerprint density at radius 1 is 1.03 bits per heavy atom. The third-order valence-electron chi connectivity index (χ3n) is 7.51. The second-order valence-corrected chi connectivity index (χ2v) is 10.1. The smallest absolute Gasteiger partial charge is 0.295 e. The molecule has 0 bridgehead atoms. The van der Waals surface area contributed by atoms with Crippen LogP contribution in [0, 0.1) is 0 Å². The molecular formula is C29H33NO4. The summed E-state index contributed by atoms with van der Waals surface area (Å²) in [5.74, 6) is -0.888. The van der Waals surface area contributed by atoms with Crippen LogP contribution in [0.1, 0.15) is 79.3 Å². The van der Waals surface area contributed by atoms with Gasteiger partial charge in [-0.05, 0) is 72.8 Å². The fraction of sp³-hybridized carbons (Fsp3) is 0.448. The van der Waals surface area contributed by atoms with Crippen LogP contribution in [0.15, 0.2) is 48.0 Å². The molecule has 1 aliphatic carbocycles. The normalized spacial score (nSPS) is 24.1. The molecule has 2 atom stereocenters. The molecule has 1 amide bonds. The average Bonchev–Trinajstić information content (AvgIpc) is 3.46. The van der Waals surface area contributed by atoms with Gasteiger partial charge < -0.3 is 14.7 Å². The number of aryl methyl sites for hydroxylation is 2. The molecule has 5 nitrogen and oxygen atoms in total. The van der Waals surface area contributed by atoms with E-state index in [9.17, 15) is 14.7 Å². The summed E-state index contributed by atoms with van der Waals surface area (Å²) in [5.41, 5.74) is 5.34. The first-order chi connectivity index (χ1) is 16.4. The molecular weight excluding hydrogens is 426 g/mol. The van der Waals surface area contributed by atoms with Crippen LogP contribution in [0.4, 0.5) is 0 Å². The van der Waals surface area contributed by atoms with Crippen molar-refractivity contribution in [3.05, 3.63) is 75.9 Å². The van der Waals surface area contributed by atoms with E-state index in [-0.39, 0.29) is 17.4 Å². The summed E-state index contributed by atoms with van der Waals surface area (Å²) >= 11 is 0. The van der Waals surface area contributed by atoms with Gasteiger partial charge in [0.15, 0.2) is 0 Å². The van der Waals surface area contributed by atoms with Gasteiger partial charge in [-0.3, -0.25) is 9.59 Å². The zero-order valence-corrected chi connectivity index (χ0v) is 20.0. The number of hydrogen-bond acceptors (Lipinski definition) is 4. The maximum atomic E-state index is 13.3. The van der Waals surface area contributed by atoms with Gasteiger partial charge in [-0.2, -0.15) is 0 Å². The minimum Gasteiger partial charge on any atom is -0.507 e. The topological polar surface area (TPSA) is 66.8 Å². The van der Waals surface area contributed by atoms with Crippen molar-refractivity contribution in [1.82, 2.24) is 4.90 Å². The Bertz CT molecular complexity index is 1130. The maximum Gasteiger partial charge on any atom is 0.295 e.